The molecule has 0 spiro atoms. The van der Waals surface area contributed by atoms with Crippen LogP contribution in [-0.2, 0) is 9.53 Å². The molecule has 2 aromatic rings. The maximum atomic E-state index is 12.1. The Bertz CT molecular complexity index is 655. The van der Waals surface area contributed by atoms with E-state index < -0.39 is 5.97 Å². The molecule has 0 atom stereocenters. The molecule has 1 heterocycles. The highest BCUT2D eigenvalue weighted by Gasteiger charge is 2.19. The van der Waals surface area contributed by atoms with Gasteiger partial charge in [-0.3, -0.25) is 4.79 Å². The number of carbonyl (C=O) groups excluding carboxylic acids is 2. The summed E-state index contributed by atoms with van der Waals surface area (Å²) in [6.45, 7) is 2.03. The van der Waals surface area contributed by atoms with Gasteiger partial charge < -0.3 is 10.1 Å². The van der Waals surface area contributed by atoms with Crippen LogP contribution in [0.15, 0.2) is 36.4 Å². The van der Waals surface area contributed by atoms with Crippen LogP contribution in [0.25, 0.3) is 10.4 Å². The third kappa shape index (κ3) is 4.08. The van der Waals surface area contributed by atoms with Gasteiger partial charge in [0.1, 0.15) is 5.00 Å². The molecule has 1 aromatic heterocycles. The first-order chi connectivity index (χ1) is 10.7. The van der Waals surface area contributed by atoms with Gasteiger partial charge in [-0.1, -0.05) is 30.3 Å². The summed E-state index contributed by atoms with van der Waals surface area (Å²) in [5, 5.41) is 3.23. The first-order valence-electron chi connectivity index (χ1n) is 6.88. The van der Waals surface area contributed by atoms with E-state index in [-0.39, 0.29) is 24.8 Å². The Morgan fingerprint density at radius 3 is 2.64 bits per heavy atom. The van der Waals surface area contributed by atoms with Crippen molar-refractivity contribution in [3.8, 4) is 10.4 Å². The van der Waals surface area contributed by atoms with Crippen LogP contribution in [0, 0.1) is 0 Å². The standard InChI is InChI=1S/C16H16ClNO3S/c1-2-21-16(20)12-10-13(11-6-4-3-5-7-11)22-15(12)18-14(19)8-9-17/h3-7,10H,2,8-9H2,1H3,(H,18,19). The summed E-state index contributed by atoms with van der Waals surface area (Å²) >= 11 is 6.91. The number of ether oxygens (including phenoxy) is 1. The van der Waals surface area contributed by atoms with E-state index in [2.05, 4.69) is 5.32 Å². The second-order valence-electron chi connectivity index (χ2n) is 4.43. The smallest absolute Gasteiger partial charge is 0.341 e. The lowest BCUT2D eigenvalue weighted by Crippen LogP contribution is -2.14. The van der Waals surface area contributed by atoms with Crippen LogP contribution in [0.1, 0.15) is 23.7 Å². The molecule has 6 heteroatoms. The molecule has 0 aliphatic heterocycles. The number of halogens is 1. The third-order valence-corrected chi connectivity index (χ3v) is 4.15. The second-order valence-corrected chi connectivity index (χ2v) is 5.86. The molecule has 0 fully saturated rings. The first-order valence-corrected chi connectivity index (χ1v) is 8.23. The molecular weight excluding hydrogens is 322 g/mol. The zero-order chi connectivity index (χ0) is 15.9. The van der Waals surface area contributed by atoms with Gasteiger partial charge in [0.05, 0.1) is 12.2 Å². The number of nitrogens with one attached hydrogen (secondary N) is 1. The maximum Gasteiger partial charge on any atom is 0.341 e. The van der Waals surface area contributed by atoms with E-state index in [1.807, 2.05) is 30.3 Å². The summed E-state index contributed by atoms with van der Waals surface area (Å²) in [5.41, 5.74) is 1.35. The van der Waals surface area contributed by atoms with E-state index in [0.29, 0.717) is 10.6 Å². The average molecular weight is 338 g/mol. The molecule has 4 nitrogen and oxygen atoms in total. The molecule has 0 aliphatic rings. The van der Waals surface area contributed by atoms with Gasteiger partial charge in [-0.2, -0.15) is 0 Å². The number of hydrogen-bond donors (Lipinski definition) is 1. The van der Waals surface area contributed by atoms with Crippen LogP contribution >= 0.6 is 22.9 Å². The summed E-state index contributed by atoms with van der Waals surface area (Å²) < 4.78 is 5.05. The normalized spacial score (nSPS) is 10.3. The first kappa shape index (κ1) is 16.5. The number of carbonyl (C=O) groups is 2. The monoisotopic (exact) mass is 337 g/mol. The molecule has 116 valence electrons. The Hall–Kier alpha value is -1.85. The van der Waals surface area contributed by atoms with Gasteiger partial charge in [-0.15, -0.1) is 22.9 Å². The zero-order valence-electron chi connectivity index (χ0n) is 12.1. The van der Waals surface area contributed by atoms with E-state index in [1.165, 1.54) is 11.3 Å². The van der Waals surface area contributed by atoms with E-state index >= 15 is 0 Å². The lowest BCUT2D eigenvalue weighted by Gasteiger charge is -2.04. The second kappa shape index (κ2) is 7.96. The van der Waals surface area contributed by atoms with Crippen LogP contribution < -0.4 is 5.32 Å². The van der Waals surface area contributed by atoms with Crippen LogP contribution in [0.3, 0.4) is 0 Å². The molecule has 0 saturated carbocycles. The topological polar surface area (TPSA) is 55.4 Å². The van der Waals surface area contributed by atoms with Crippen molar-refractivity contribution >= 4 is 39.8 Å². The fourth-order valence-corrected chi connectivity index (χ4v) is 3.10. The number of alkyl halides is 1. The molecule has 1 amide bonds. The SMILES string of the molecule is CCOC(=O)c1cc(-c2ccccc2)sc1NC(=O)CCCl. The zero-order valence-corrected chi connectivity index (χ0v) is 13.7. The predicted octanol–water partition coefficient (Wildman–Crippen LogP) is 4.16. The van der Waals surface area contributed by atoms with Gasteiger partial charge in [0.2, 0.25) is 5.91 Å². The van der Waals surface area contributed by atoms with Gasteiger partial charge in [-0.05, 0) is 18.6 Å². The van der Waals surface area contributed by atoms with E-state index in [0.717, 1.165) is 10.4 Å². The van der Waals surface area contributed by atoms with E-state index in [1.54, 1.807) is 13.0 Å². The molecular formula is C16H16ClNO3S. The minimum atomic E-state index is -0.442. The summed E-state index contributed by atoms with van der Waals surface area (Å²) in [7, 11) is 0. The van der Waals surface area contributed by atoms with Gasteiger partial charge in [0.15, 0.2) is 0 Å². The lowest BCUT2D eigenvalue weighted by molar-refractivity contribution is -0.115. The quantitative estimate of drug-likeness (QED) is 0.636. The third-order valence-electron chi connectivity index (χ3n) is 2.86. The summed E-state index contributed by atoms with van der Waals surface area (Å²) in [6, 6.07) is 11.4. The summed E-state index contributed by atoms with van der Waals surface area (Å²) in [6.07, 6.45) is 0.197. The van der Waals surface area contributed by atoms with Gasteiger partial charge in [0, 0.05) is 17.2 Å². The highest BCUT2D eigenvalue weighted by molar-refractivity contribution is 7.20. The average Bonchev–Trinajstić information content (AvgIpc) is 2.92. The Morgan fingerprint density at radius 2 is 2.00 bits per heavy atom. The fraction of sp³-hybridized carbons (Fsp3) is 0.250. The molecule has 0 saturated heterocycles. The van der Waals surface area contributed by atoms with Crippen molar-refractivity contribution in [1.29, 1.82) is 0 Å². The van der Waals surface area contributed by atoms with Crippen LogP contribution in [0.2, 0.25) is 0 Å². The molecule has 2 rings (SSSR count). The molecule has 0 aliphatic carbocycles. The molecule has 1 N–H and O–H groups in total. The summed E-state index contributed by atoms with van der Waals surface area (Å²) in [5.74, 6) is -0.429. The van der Waals surface area contributed by atoms with Crippen molar-refractivity contribution in [3.63, 3.8) is 0 Å². The number of rotatable bonds is 6. The number of amides is 1. The van der Waals surface area contributed by atoms with E-state index in [4.69, 9.17) is 16.3 Å². The van der Waals surface area contributed by atoms with Gasteiger partial charge >= 0.3 is 5.97 Å². The van der Waals surface area contributed by atoms with Crippen molar-refractivity contribution in [2.45, 2.75) is 13.3 Å². The minimum absolute atomic E-state index is 0.197. The van der Waals surface area contributed by atoms with Crippen molar-refractivity contribution in [2.24, 2.45) is 0 Å². The molecule has 0 unspecified atom stereocenters. The summed E-state index contributed by atoms with van der Waals surface area (Å²) in [4.78, 5) is 24.7. The number of hydrogen-bond acceptors (Lipinski definition) is 4. The molecule has 0 bridgehead atoms. The highest BCUT2D eigenvalue weighted by Crippen LogP contribution is 2.36. The molecule has 0 radical (unpaired) electrons. The number of benzene rings is 1. The largest absolute Gasteiger partial charge is 0.462 e. The molecule has 22 heavy (non-hydrogen) atoms. The van der Waals surface area contributed by atoms with Crippen molar-refractivity contribution in [3.05, 3.63) is 42.0 Å². The van der Waals surface area contributed by atoms with E-state index in [9.17, 15) is 9.59 Å². The van der Waals surface area contributed by atoms with Gasteiger partial charge in [0.25, 0.3) is 0 Å². The minimum Gasteiger partial charge on any atom is -0.462 e. The Balaban J connectivity index is 2.34. The highest BCUT2D eigenvalue weighted by atomic mass is 35.5. The van der Waals surface area contributed by atoms with Crippen molar-refractivity contribution < 1.29 is 14.3 Å². The lowest BCUT2D eigenvalue weighted by atomic mass is 10.1. The predicted molar refractivity (Wildman–Crippen MR) is 89.7 cm³/mol. The number of anilines is 1. The Kier molecular flexibility index (Phi) is 5.98. The maximum absolute atomic E-state index is 12.1. The Morgan fingerprint density at radius 1 is 1.27 bits per heavy atom. The van der Waals surface area contributed by atoms with Crippen molar-refractivity contribution in [2.75, 3.05) is 17.8 Å². The van der Waals surface area contributed by atoms with Gasteiger partial charge in [-0.25, -0.2) is 4.79 Å². The van der Waals surface area contributed by atoms with Crippen LogP contribution in [0.5, 0.6) is 0 Å². The van der Waals surface area contributed by atoms with Crippen LogP contribution in [0.4, 0.5) is 5.00 Å². The van der Waals surface area contributed by atoms with Crippen molar-refractivity contribution in [1.82, 2.24) is 0 Å². The Labute approximate surface area is 138 Å². The number of esters is 1. The van der Waals surface area contributed by atoms with Crippen LogP contribution in [-0.4, -0.2) is 24.4 Å². The fourth-order valence-electron chi connectivity index (χ4n) is 1.86. The number of thiophene rings is 1. The molecule has 1 aromatic carbocycles.